The number of esters is 3. The van der Waals surface area contributed by atoms with E-state index < -0.39 is 0 Å². The van der Waals surface area contributed by atoms with Crippen LogP contribution in [0.15, 0.2) is 36.5 Å². The molecule has 9 heteroatoms. The molecule has 0 aromatic rings. The second-order valence-corrected chi connectivity index (χ2v) is 20.4. The number of rotatable bonds is 57. The first-order chi connectivity index (χ1) is 35.0. The summed E-state index contributed by atoms with van der Waals surface area (Å²) >= 11 is 0. The standard InChI is InChI=1S/C62H116N2O7/c1-4-7-10-13-16-19-22-25-28-31-34-37-40-47-60(66)69-57-44-52-63(53-45-58-70-61(67)48-41-38-35-32-29-26-23-20-17-14-11-8-5-2)50-43-51-64(55-56-65)54-46-59-71-62(68)49-42-39-36-33-30-27-24-21-18-15-12-9-6-3/h19-24,65H,4-18,25-59H2,1-3H3/b22-19?,23-20?,24-21-. The summed E-state index contributed by atoms with van der Waals surface area (Å²) in [5, 5.41) is 9.80. The van der Waals surface area contributed by atoms with Crippen molar-refractivity contribution in [3.05, 3.63) is 36.5 Å². The molecule has 0 aromatic heterocycles. The van der Waals surface area contributed by atoms with E-state index >= 15 is 0 Å². The van der Waals surface area contributed by atoms with Crippen molar-refractivity contribution in [3.8, 4) is 0 Å². The predicted molar refractivity (Wildman–Crippen MR) is 302 cm³/mol. The third-order valence-electron chi connectivity index (χ3n) is 13.4. The number of aliphatic hydroxyl groups excluding tert-OH is 1. The number of carbonyl (C=O) groups is 3. The summed E-state index contributed by atoms with van der Waals surface area (Å²) in [6, 6.07) is 0. The van der Waals surface area contributed by atoms with Crippen LogP contribution in [0.2, 0.25) is 0 Å². The molecule has 416 valence electrons. The van der Waals surface area contributed by atoms with Gasteiger partial charge in [0.05, 0.1) is 26.4 Å². The Morgan fingerprint density at radius 2 is 0.549 bits per heavy atom. The highest BCUT2D eigenvalue weighted by Crippen LogP contribution is 2.13. The molecule has 1 N–H and O–H groups in total. The smallest absolute Gasteiger partial charge is 0.305 e. The molecule has 0 saturated carbocycles. The van der Waals surface area contributed by atoms with E-state index in [0.717, 1.165) is 116 Å². The van der Waals surface area contributed by atoms with Gasteiger partial charge in [-0.2, -0.15) is 0 Å². The number of hydrogen-bond acceptors (Lipinski definition) is 9. The van der Waals surface area contributed by atoms with E-state index in [0.29, 0.717) is 45.6 Å². The van der Waals surface area contributed by atoms with Crippen molar-refractivity contribution in [2.75, 3.05) is 65.7 Å². The average molecular weight is 1000 g/mol. The molecule has 0 radical (unpaired) electrons. The van der Waals surface area contributed by atoms with Crippen molar-refractivity contribution in [2.24, 2.45) is 0 Å². The molecule has 0 atom stereocenters. The second-order valence-electron chi connectivity index (χ2n) is 20.4. The summed E-state index contributed by atoms with van der Waals surface area (Å²) in [5.74, 6) is -0.303. The Bertz CT molecular complexity index is 1170. The molecule has 0 bridgehead atoms. The summed E-state index contributed by atoms with van der Waals surface area (Å²) in [4.78, 5) is 42.1. The molecule has 71 heavy (non-hydrogen) atoms. The highest BCUT2D eigenvalue weighted by molar-refractivity contribution is 5.69. The first-order valence-corrected chi connectivity index (χ1v) is 30.4. The van der Waals surface area contributed by atoms with Gasteiger partial charge >= 0.3 is 17.9 Å². The van der Waals surface area contributed by atoms with E-state index in [9.17, 15) is 19.5 Å². The van der Waals surface area contributed by atoms with E-state index in [1.807, 2.05) is 0 Å². The van der Waals surface area contributed by atoms with E-state index in [-0.39, 0.29) is 24.5 Å². The zero-order valence-corrected chi connectivity index (χ0v) is 47.1. The van der Waals surface area contributed by atoms with Crippen LogP contribution < -0.4 is 0 Å². The zero-order chi connectivity index (χ0) is 51.6. The van der Waals surface area contributed by atoms with Gasteiger partial charge in [0, 0.05) is 45.4 Å². The van der Waals surface area contributed by atoms with Crippen LogP contribution in [-0.4, -0.2) is 98.5 Å². The predicted octanol–water partition coefficient (Wildman–Crippen LogP) is 16.5. The minimum atomic E-state index is -0.105. The number of ether oxygens (including phenoxy) is 3. The van der Waals surface area contributed by atoms with E-state index in [4.69, 9.17) is 14.2 Å². The maximum atomic E-state index is 12.5. The van der Waals surface area contributed by atoms with Gasteiger partial charge in [0.1, 0.15) is 0 Å². The number of carbonyl (C=O) groups excluding carboxylic acids is 3. The SMILES string of the molecule is CCCCCCC=CCCCCCCCC(=O)OCCCN(CCCOC(=O)CCCCCCCC=CCCCCCC)CCCN(CCO)CCCOC(=O)CCCCCCC/C=C\CCCCCC. The van der Waals surface area contributed by atoms with Crippen LogP contribution in [0.1, 0.15) is 278 Å². The molecule has 0 aliphatic heterocycles. The molecule has 0 aliphatic rings. The van der Waals surface area contributed by atoms with Crippen molar-refractivity contribution in [3.63, 3.8) is 0 Å². The van der Waals surface area contributed by atoms with Gasteiger partial charge in [-0.05, 0) is 135 Å². The molecule has 0 unspecified atom stereocenters. The third-order valence-corrected chi connectivity index (χ3v) is 13.4. The maximum Gasteiger partial charge on any atom is 0.305 e. The Kier molecular flexibility index (Phi) is 56.4. The number of nitrogens with zero attached hydrogens (tertiary/aromatic N) is 2. The van der Waals surface area contributed by atoms with Crippen LogP contribution in [0.25, 0.3) is 0 Å². The van der Waals surface area contributed by atoms with Gasteiger partial charge in [-0.15, -0.1) is 0 Å². The first-order valence-electron chi connectivity index (χ1n) is 30.4. The minimum Gasteiger partial charge on any atom is -0.466 e. The minimum absolute atomic E-state index is 0.0867. The molecule has 0 fully saturated rings. The van der Waals surface area contributed by atoms with Crippen molar-refractivity contribution in [2.45, 2.75) is 278 Å². The van der Waals surface area contributed by atoms with E-state index in [1.165, 1.54) is 154 Å². The Hall–Kier alpha value is -2.49. The maximum absolute atomic E-state index is 12.5. The number of allylic oxidation sites excluding steroid dienone is 6. The molecule has 0 aromatic carbocycles. The largest absolute Gasteiger partial charge is 0.466 e. The number of unbranched alkanes of at least 4 members (excludes halogenated alkanes) is 27. The normalized spacial score (nSPS) is 11.9. The van der Waals surface area contributed by atoms with Crippen LogP contribution in [0.4, 0.5) is 0 Å². The Balaban J connectivity index is 4.55. The topological polar surface area (TPSA) is 106 Å². The fourth-order valence-corrected chi connectivity index (χ4v) is 8.93. The molecule has 0 aliphatic carbocycles. The third kappa shape index (κ3) is 55.1. The second kappa shape index (κ2) is 58.4. The van der Waals surface area contributed by atoms with Gasteiger partial charge in [-0.1, -0.05) is 173 Å². The lowest BCUT2D eigenvalue weighted by molar-refractivity contribution is -0.145. The lowest BCUT2D eigenvalue weighted by Gasteiger charge is -2.25. The quantitative estimate of drug-likeness (QED) is 0.0276. The van der Waals surface area contributed by atoms with Crippen molar-refractivity contribution in [1.29, 1.82) is 0 Å². The highest BCUT2D eigenvalue weighted by atomic mass is 16.5. The average Bonchev–Trinajstić information content (AvgIpc) is 3.36. The van der Waals surface area contributed by atoms with Crippen molar-refractivity contribution in [1.82, 2.24) is 9.80 Å². The monoisotopic (exact) mass is 1000 g/mol. The van der Waals surface area contributed by atoms with Gasteiger partial charge in [0.2, 0.25) is 0 Å². The number of aliphatic hydroxyl groups is 1. The fraction of sp³-hybridized carbons (Fsp3) is 0.855. The van der Waals surface area contributed by atoms with Crippen molar-refractivity contribution >= 4 is 17.9 Å². The number of hydrogen-bond donors (Lipinski definition) is 1. The van der Waals surface area contributed by atoms with Crippen LogP contribution >= 0.6 is 0 Å². The Labute approximate surface area is 439 Å². The molecule has 0 rings (SSSR count). The van der Waals surface area contributed by atoms with Gasteiger partial charge < -0.3 is 29.1 Å². The van der Waals surface area contributed by atoms with Gasteiger partial charge in [0.15, 0.2) is 0 Å². The lowest BCUT2D eigenvalue weighted by Crippen LogP contribution is -2.34. The van der Waals surface area contributed by atoms with Crippen LogP contribution in [0, 0.1) is 0 Å². The fourth-order valence-electron chi connectivity index (χ4n) is 8.93. The summed E-state index contributed by atoms with van der Waals surface area (Å²) in [5.41, 5.74) is 0. The summed E-state index contributed by atoms with van der Waals surface area (Å²) in [6.45, 7) is 12.7. The molecule has 9 nitrogen and oxygen atoms in total. The molecular formula is C62H116N2O7. The Morgan fingerprint density at radius 3 is 0.831 bits per heavy atom. The summed E-state index contributed by atoms with van der Waals surface area (Å²) < 4.78 is 16.9. The Morgan fingerprint density at radius 1 is 0.310 bits per heavy atom. The van der Waals surface area contributed by atoms with Gasteiger partial charge in [-0.25, -0.2) is 0 Å². The molecule has 0 saturated heterocycles. The molecule has 0 heterocycles. The summed E-state index contributed by atoms with van der Waals surface area (Å²) in [7, 11) is 0. The van der Waals surface area contributed by atoms with E-state index in [2.05, 4.69) is 67.0 Å². The zero-order valence-electron chi connectivity index (χ0n) is 47.1. The van der Waals surface area contributed by atoms with Gasteiger partial charge in [-0.3, -0.25) is 14.4 Å². The molecular weight excluding hydrogens is 885 g/mol. The first kappa shape index (κ1) is 68.5. The molecule has 0 amide bonds. The van der Waals surface area contributed by atoms with E-state index in [1.54, 1.807) is 0 Å². The lowest BCUT2D eigenvalue weighted by atomic mass is 10.1. The summed E-state index contributed by atoms with van der Waals surface area (Å²) in [6.07, 6.45) is 58.4. The van der Waals surface area contributed by atoms with Crippen molar-refractivity contribution < 1.29 is 33.7 Å². The van der Waals surface area contributed by atoms with Crippen LogP contribution in [0.3, 0.4) is 0 Å². The van der Waals surface area contributed by atoms with Crippen LogP contribution in [-0.2, 0) is 28.6 Å². The highest BCUT2D eigenvalue weighted by Gasteiger charge is 2.12. The molecule has 0 spiro atoms. The van der Waals surface area contributed by atoms with Crippen LogP contribution in [0.5, 0.6) is 0 Å². The van der Waals surface area contributed by atoms with Gasteiger partial charge in [0.25, 0.3) is 0 Å².